The summed E-state index contributed by atoms with van der Waals surface area (Å²) in [4.78, 5) is 12.3. The number of allylic oxidation sites excluding steroid dienone is 4. The van der Waals surface area contributed by atoms with Gasteiger partial charge in [-0.05, 0) is 59.7 Å². The SMILES string of the molecule is CC1(C)CC2=C(C3=C(CCC3)C(=O)C2)C(C)(C)C1. The Bertz CT molecular complexity index is 486. The van der Waals surface area contributed by atoms with Crippen LogP contribution in [-0.2, 0) is 4.79 Å². The van der Waals surface area contributed by atoms with Gasteiger partial charge in [0, 0.05) is 6.42 Å². The molecule has 0 N–H and O–H groups in total. The van der Waals surface area contributed by atoms with Crippen molar-refractivity contribution in [2.75, 3.05) is 0 Å². The maximum atomic E-state index is 12.3. The predicted octanol–water partition coefficient (Wildman–Crippen LogP) is 4.58. The van der Waals surface area contributed by atoms with Crippen LogP contribution in [0.2, 0.25) is 0 Å². The summed E-state index contributed by atoms with van der Waals surface area (Å²) in [6.07, 6.45) is 6.43. The second-order valence-corrected chi connectivity index (χ2v) is 7.79. The average molecular weight is 244 g/mol. The number of fused-ring (bicyclic) bond motifs is 1. The highest BCUT2D eigenvalue weighted by Gasteiger charge is 2.44. The first-order valence-corrected chi connectivity index (χ1v) is 7.28. The molecule has 0 saturated carbocycles. The van der Waals surface area contributed by atoms with Crippen LogP contribution < -0.4 is 0 Å². The molecule has 0 fully saturated rings. The van der Waals surface area contributed by atoms with Crippen molar-refractivity contribution in [2.45, 2.75) is 66.2 Å². The summed E-state index contributed by atoms with van der Waals surface area (Å²) in [6, 6.07) is 0. The molecule has 0 aromatic rings. The average Bonchev–Trinajstić information content (AvgIpc) is 2.61. The first-order valence-electron chi connectivity index (χ1n) is 7.28. The fourth-order valence-corrected chi connectivity index (χ4v) is 4.89. The number of Topliss-reactive ketones (excluding diaryl/α,β-unsaturated/α-hetero) is 1. The van der Waals surface area contributed by atoms with Crippen LogP contribution in [0.25, 0.3) is 0 Å². The van der Waals surface area contributed by atoms with Gasteiger partial charge in [0.2, 0.25) is 0 Å². The molecule has 0 aliphatic heterocycles. The Morgan fingerprint density at radius 1 is 1.00 bits per heavy atom. The smallest absolute Gasteiger partial charge is 0.163 e. The molecule has 98 valence electrons. The van der Waals surface area contributed by atoms with Crippen LogP contribution in [0, 0.1) is 10.8 Å². The van der Waals surface area contributed by atoms with E-state index in [2.05, 4.69) is 27.7 Å². The topological polar surface area (TPSA) is 17.1 Å². The third-order valence-corrected chi connectivity index (χ3v) is 4.87. The molecule has 1 nitrogen and oxygen atoms in total. The number of rotatable bonds is 0. The standard InChI is InChI=1S/C17H24O/c1-16(2)9-11-8-14(18)12-6-5-7-13(12)15(11)17(3,4)10-16/h5-10H2,1-4H3. The second-order valence-electron chi connectivity index (χ2n) is 7.79. The van der Waals surface area contributed by atoms with Gasteiger partial charge in [-0.3, -0.25) is 4.79 Å². The van der Waals surface area contributed by atoms with Crippen LogP contribution in [0.3, 0.4) is 0 Å². The molecule has 0 radical (unpaired) electrons. The maximum absolute atomic E-state index is 12.3. The largest absolute Gasteiger partial charge is 0.294 e. The lowest BCUT2D eigenvalue weighted by Crippen LogP contribution is -2.34. The monoisotopic (exact) mass is 244 g/mol. The number of carbonyl (C=O) groups is 1. The first-order chi connectivity index (χ1) is 8.30. The molecular formula is C17H24O. The zero-order valence-corrected chi connectivity index (χ0v) is 12.2. The number of ketones is 1. The molecule has 0 aromatic carbocycles. The second kappa shape index (κ2) is 3.59. The van der Waals surface area contributed by atoms with Crippen molar-refractivity contribution in [3.8, 4) is 0 Å². The van der Waals surface area contributed by atoms with Gasteiger partial charge < -0.3 is 0 Å². The van der Waals surface area contributed by atoms with Gasteiger partial charge in [0.15, 0.2) is 5.78 Å². The van der Waals surface area contributed by atoms with Crippen molar-refractivity contribution in [1.82, 2.24) is 0 Å². The Morgan fingerprint density at radius 3 is 2.39 bits per heavy atom. The summed E-state index contributed by atoms with van der Waals surface area (Å²) < 4.78 is 0. The molecule has 1 heteroatoms. The van der Waals surface area contributed by atoms with E-state index in [0.717, 1.165) is 19.3 Å². The number of hydrogen-bond acceptors (Lipinski definition) is 1. The molecule has 0 spiro atoms. The Labute approximate surface area is 110 Å². The third-order valence-electron chi connectivity index (χ3n) is 4.87. The van der Waals surface area contributed by atoms with Crippen LogP contribution >= 0.6 is 0 Å². The van der Waals surface area contributed by atoms with E-state index in [9.17, 15) is 4.79 Å². The summed E-state index contributed by atoms with van der Waals surface area (Å²) >= 11 is 0. The van der Waals surface area contributed by atoms with Gasteiger partial charge in [-0.2, -0.15) is 0 Å². The minimum Gasteiger partial charge on any atom is -0.294 e. The van der Waals surface area contributed by atoms with Gasteiger partial charge in [-0.1, -0.05) is 33.3 Å². The summed E-state index contributed by atoms with van der Waals surface area (Å²) in [6.45, 7) is 9.45. The molecule has 18 heavy (non-hydrogen) atoms. The predicted molar refractivity (Wildman–Crippen MR) is 74.3 cm³/mol. The molecule has 3 aliphatic rings. The number of carbonyl (C=O) groups excluding carboxylic acids is 1. The molecule has 0 aromatic heterocycles. The normalized spacial score (nSPS) is 29.4. The van der Waals surface area contributed by atoms with Gasteiger partial charge in [-0.15, -0.1) is 0 Å². The molecule has 0 atom stereocenters. The fourth-order valence-electron chi connectivity index (χ4n) is 4.89. The van der Waals surface area contributed by atoms with Crippen molar-refractivity contribution in [3.05, 3.63) is 22.3 Å². The molecule has 0 bridgehead atoms. The quantitative estimate of drug-likeness (QED) is 0.609. The Morgan fingerprint density at radius 2 is 1.67 bits per heavy atom. The van der Waals surface area contributed by atoms with Crippen LogP contribution in [-0.4, -0.2) is 5.78 Å². The first kappa shape index (κ1) is 12.2. The van der Waals surface area contributed by atoms with E-state index in [-0.39, 0.29) is 5.41 Å². The van der Waals surface area contributed by atoms with Gasteiger partial charge >= 0.3 is 0 Å². The minimum atomic E-state index is 0.253. The van der Waals surface area contributed by atoms with E-state index in [1.165, 1.54) is 29.6 Å². The van der Waals surface area contributed by atoms with Crippen molar-refractivity contribution in [3.63, 3.8) is 0 Å². The van der Waals surface area contributed by atoms with E-state index < -0.39 is 0 Å². The van der Waals surface area contributed by atoms with Crippen molar-refractivity contribution < 1.29 is 4.79 Å². The molecule has 0 amide bonds. The maximum Gasteiger partial charge on any atom is 0.163 e. The lowest BCUT2D eigenvalue weighted by atomic mass is 9.58. The fraction of sp³-hybridized carbons (Fsp3) is 0.706. The molecule has 0 unspecified atom stereocenters. The molecule has 0 saturated heterocycles. The van der Waals surface area contributed by atoms with Crippen LogP contribution in [0.4, 0.5) is 0 Å². The molecule has 0 heterocycles. The molecule has 3 rings (SSSR count). The van der Waals surface area contributed by atoms with Crippen LogP contribution in [0.1, 0.15) is 66.2 Å². The molecular weight excluding hydrogens is 220 g/mol. The molecule has 3 aliphatic carbocycles. The Hall–Kier alpha value is -0.850. The highest BCUT2D eigenvalue weighted by atomic mass is 16.1. The van der Waals surface area contributed by atoms with E-state index in [4.69, 9.17) is 0 Å². The van der Waals surface area contributed by atoms with Crippen molar-refractivity contribution in [1.29, 1.82) is 0 Å². The van der Waals surface area contributed by atoms with Crippen LogP contribution in [0.15, 0.2) is 22.3 Å². The summed E-state index contributed by atoms with van der Waals surface area (Å²) in [5.41, 5.74) is 6.27. The highest BCUT2D eigenvalue weighted by molar-refractivity contribution is 6.00. The zero-order valence-electron chi connectivity index (χ0n) is 12.2. The lowest BCUT2D eigenvalue weighted by Gasteiger charge is -2.46. The third kappa shape index (κ3) is 1.71. The Balaban J connectivity index is 2.15. The summed E-state index contributed by atoms with van der Waals surface area (Å²) in [5, 5.41) is 0. The van der Waals surface area contributed by atoms with E-state index in [1.54, 1.807) is 5.57 Å². The van der Waals surface area contributed by atoms with Crippen molar-refractivity contribution in [2.24, 2.45) is 10.8 Å². The van der Waals surface area contributed by atoms with Gasteiger partial charge in [-0.25, -0.2) is 0 Å². The van der Waals surface area contributed by atoms with E-state index in [1.807, 2.05) is 0 Å². The van der Waals surface area contributed by atoms with Crippen molar-refractivity contribution >= 4 is 5.78 Å². The van der Waals surface area contributed by atoms with E-state index >= 15 is 0 Å². The van der Waals surface area contributed by atoms with Gasteiger partial charge in [0.1, 0.15) is 0 Å². The van der Waals surface area contributed by atoms with E-state index in [0.29, 0.717) is 17.6 Å². The summed E-state index contributed by atoms with van der Waals surface area (Å²) in [7, 11) is 0. The summed E-state index contributed by atoms with van der Waals surface area (Å²) in [5.74, 6) is 0.426. The Kier molecular flexibility index (Phi) is 2.43. The minimum absolute atomic E-state index is 0.253. The van der Waals surface area contributed by atoms with Crippen LogP contribution in [0.5, 0.6) is 0 Å². The van der Waals surface area contributed by atoms with Gasteiger partial charge in [0.25, 0.3) is 0 Å². The zero-order chi connectivity index (χ0) is 13.1. The van der Waals surface area contributed by atoms with Gasteiger partial charge in [0.05, 0.1) is 0 Å². The lowest BCUT2D eigenvalue weighted by molar-refractivity contribution is -0.115. The highest BCUT2D eigenvalue weighted by Crippen LogP contribution is 2.56. The number of hydrogen-bond donors (Lipinski definition) is 0.